The maximum atomic E-state index is 12.9. The fourth-order valence-corrected chi connectivity index (χ4v) is 5.14. The van der Waals surface area contributed by atoms with Crippen LogP contribution >= 0.6 is 8.03 Å². The van der Waals surface area contributed by atoms with Crippen LogP contribution in [0.4, 0.5) is 0 Å². The van der Waals surface area contributed by atoms with Crippen molar-refractivity contribution in [1.82, 2.24) is 0 Å². The van der Waals surface area contributed by atoms with Crippen LogP contribution in [0.5, 0.6) is 0 Å². The van der Waals surface area contributed by atoms with Crippen molar-refractivity contribution in [3.8, 4) is 11.1 Å². The second-order valence-corrected chi connectivity index (χ2v) is 10.8. The fraction of sp³-hybridized carbons (Fsp3) is 0.538. The van der Waals surface area contributed by atoms with Crippen LogP contribution < -0.4 is 5.30 Å². The van der Waals surface area contributed by atoms with Crippen LogP contribution in [0.25, 0.3) is 11.1 Å². The van der Waals surface area contributed by atoms with E-state index in [0.717, 1.165) is 30.1 Å². The van der Waals surface area contributed by atoms with E-state index in [-0.39, 0.29) is 0 Å². The summed E-state index contributed by atoms with van der Waals surface area (Å²) in [5.41, 5.74) is 6.56. The van der Waals surface area contributed by atoms with Gasteiger partial charge in [0.1, 0.15) is 0 Å². The number of benzene rings is 2. The summed E-state index contributed by atoms with van der Waals surface area (Å²) in [6.07, 6.45) is 3.14. The predicted molar refractivity (Wildman–Crippen MR) is 128 cm³/mol. The van der Waals surface area contributed by atoms with Gasteiger partial charge in [0.15, 0.2) is 0 Å². The molecule has 0 N–H and O–H groups in total. The van der Waals surface area contributed by atoms with Crippen LogP contribution in [0.3, 0.4) is 0 Å². The summed E-state index contributed by atoms with van der Waals surface area (Å²) in [5, 5.41) is 0.853. The van der Waals surface area contributed by atoms with Gasteiger partial charge in [0.2, 0.25) is 8.03 Å². The van der Waals surface area contributed by atoms with Gasteiger partial charge in [-0.2, -0.15) is 0 Å². The maximum absolute atomic E-state index is 12.9. The van der Waals surface area contributed by atoms with Crippen molar-refractivity contribution in [2.45, 2.75) is 67.7 Å². The van der Waals surface area contributed by atoms with Crippen LogP contribution in [0.1, 0.15) is 65.2 Å². The van der Waals surface area contributed by atoms with E-state index < -0.39 is 8.03 Å². The van der Waals surface area contributed by atoms with Gasteiger partial charge < -0.3 is 4.52 Å². The highest BCUT2D eigenvalue weighted by Crippen LogP contribution is 2.36. The Morgan fingerprint density at radius 2 is 1.34 bits per heavy atom. The fourth-order valence-electron chi connectivity index (χ4n) is 4.06. The average Bonchev–Trinajstić information content (AvgIpc) is 2.60. The monoisotopic (exact) mass is 414 g/mol. The summed E-state index contributed by atoms with van der Waals surface area (Å²) in [4.78, 5) is 0. The van der Waals surface area contributed by atoms with Crippen LogP contribution in [0.2, 0.25) is 0 Å². The van der Waals surface area contributed by atoms with E-state index in [2.05, 4.69) is 65.8 Å². The highest BCUT2D eigenvalue weighted by atomic mass is 31.1. The topological polar surface area (TPSA) is 26.3 Å². The molecule has 2 rings (SSSR count). The van der Waals surface area contributed by atoms with Gasteiger partial charge in [-0.25, -0.2) is 0 Å². The van der Waals surface area contributed by atoms with Crippen molar-refractivity contribution >= 4 is 13.3 Å². The maximum Gasteiger partial charge on any atom is 0.221 e. The molecule has 1 unspecified atom stereocenters. The van der Waals surface area contributed by atoms with Crippen LogP contribution in [0, 0.1) is 17.8 Å². The predicted octanol–water partition coefficient (Wildman–Crippen LogP) is 7.09. The lowest BCUT2D eigenvalue weighted by atomic mass is 9.84. The van der Waals surface area contributed by atoms with Gasteiger partial charge in [-0.1, -0.05) is 71.9 Å². The Morgan fingerprint density at radius 1 is 0.828 bits per heavy atom. The molecule has 0 saturated carbocycles. The van der Waals surface area contributed by atoms with Gasteiger partial charge in [-0.05, 0) is 77.8 Å². The second-order valence-electron chi connectivity index (χ2n) is 9.35. The van der Waals surface area contributed by atoms with Crippen LogP contribution in [-0.4, -0.2) is 6.61 Å². The number of rotatable bonds is 10. The Labute approximate surface area is 179 Å². The summed E-state index contributed by atoms with van der Waals surface area (Å²) in [7, 11) is -2.26. The van der Waals surface area contributed by atoms with E-state index in [4.69, 9.17) is 4.52 Å². The molecule has 0 bridgehead atoms. The Balaban J connectivity index is 2.75. The van der Waals surface area contributed by atoms with E-state index in [1.807, 2.05) is 19.1 Å². The molecule has 2 nitrogen and oxygen atoms in total. The molecule has 3 heteroatoms. The molecule has 2 aromatic carbocycles. The SMILES string of the molecule is CCO[PH](=O)c1ccccc1-c1c(CC(C)C)cc(CC(C)C)cc1CC(C)C. The van der Waals surface area contributed by atoms with Crippen molar-refractivity contribution in [2.24, 2.45) is 17.8 Å². The van der Waals surface area contributed by atoms with Crippen LogP contribution in [0.15, 0.2) is 36.4 Å². The Morgan fingerprint density at radius 3 is 1.83 bits per heavy atom. The van der Waals surface area contributed by atoms with Crippen molar-refractivity contribution in [2.75, 3.05) is 6.61 Å². The first-order valence-electron chi connectivity index (χ1n) is 11.1. The third kappa shape index (κ3) is 6.83. The first-order valence-corrected chi connectivity index (χ1v) is 12.5. The lowest BCUT2D eigenvalue weighted by Gasteiger charge is -2.22. The average molecular weight is 415 g/mol. The molecule has 29 heavy (non-hydrogen) atoms. The van der Waals surface area contributed by atoms with Gasteiger partial charge in [-0.3, -0.25) is 4.57 Å². The van der Waals surface area contributed by atoms with Gasteiger partial charge in [-0.15, -0.1) is 0 Å². The molecule has 0 aliphatic rings. The molecule has 0 amide bonds. The normalized spacial score (nSPS) is 12.9. The van der Waals surface area contributed by atoms with Crippen molar-refractivity contribution in [1.29, 1.82) is 0 Å². The summed E-state index contributed by atoms with van der Waals surface area (Å²) < 4.78 is 18.4. The van der Waals surface area contributed by atoms with Crippen molar-refractivity contribution in [3.05, 3.63) is 53.1 Å². The van der Waals surface area contributed by atoms with E-state index in [0.29, 0.717) is 24.4 Å². The van der Waals surface area contributed by atoms with E-state index in [1.165, 1.54) is 22.3 Å². The second kappa shape index (κ2) is 11.1. The molecule has 0 aliphatic heterocycles. The molecule has 0 saturated heterocycles. The quantitative estimate of drug-likeness (QED) is 0.388. The summed E-state index contributed by atoms with van der Waals surface area (Å²) >= 11 is 0. The molecule has 0 heterocycles. The molecule has 0 fully saturated rings. The molecule has 0 spiro atoms. The van der Waals surface area contributed by atoms with Gasteiger partial charge in [0.05, 0.1) is 6.61 Å². The largest absolute Gasteiger partial charge is 0.328 e. The third-order valence-electron chi connectivity index (χ3n) is 4.95. The summed E-state index contributed by atoms with van der Waals surface area (Å²) in [5.74, 6) is 1.75. The van der Waals surface area contributed by atoms with Gasteiger partial charge in [0.25, 0.3) is 0 Å². The first-order chi connectivity index (χ1) is 13.7. The minimum Gasteiger partial charge on any atom is -0.328 e. The lowest BCUT2D eigenvalue weighted by molar-refractivity contribution is 0.357. The highest BCUT2D eigenvalue weighted by Gasteiger charge is 2.20. The van der Waals surface area contributed by atoms with Crippen LogP contribution in [-0.2, 0) is 28.4 Å². The lowest BCUT2D eigenvalue weighted by Crippen LogP contribution is -2.11. The Kier molecular flexibility index (Phi) is 9.18. The molecule has 1 atom stereocenters. The Hall–Kier alpha value is -1.37. The molecular weight excluding hydrogens is 375 g/mol. The van der Waals surface area contributed by atoms with Gasteiger partial charge >= 0.3 is 0 Å². The highest BCUT2D eigenvalue weighted by molar-refractivity contribution is 7.48. The third-order valence-corrected chi connectivity index (χ3v) is 6.38. The zero-order chi connectivity index (χ0) is 21.6. The van der Waals surface area contributed by atoms with E-state index in [9.17, 15) is 4.57 Å². The standard InChI is InChI=1S/C26H39O2P/c1-8-28-29(27)25-12-10-9-11-24(25)26-22(14-19(4)5)16-21(13-18(2)3)17-23(26)15-20(6)7/h9-12,16-20,29H,8,13-15H2,1-7H3. The smallest absolute Gasteiger partial charge is 0.221 e. The molecule has 2 aromatic rings. The molecule has 0 aromatic heterocycles. The van der Waals surface area contributed by atoms with E-state index >= 15 is 0 Å². The Bertz CT molecular complexity index is 790. The van der Waals surface area contributed by atoms with Crippen molar-refractivity contribution in [3.63, 3.8) is 0 Å². The summed E-state index contributed by atoms with van der Waals surface area (Å²) in [6.45, 7) is 16.0. The zero-order valence-corrected chi connectivity index (χ0v) is 20.3. The van der Waals surface area contributed by atoms with E-state index in [1.54, 1.807) is 0 Å². The minimum absolute atomic E-state index is 0.469. The summed E-state index contributed by atoms with van der Waals surface area (Å²) in [6, 6.07) is 12.9. The molecule has 0 aliphatic carbocycles. The molecule has 160 valence electrons. The van der Waals surface area contributed by atoms with Crippen molar-refractivity contribution < 1.29 is 9.09 Å². The number of hydrogen-bond acceptors (Lipinski definition) is 2. The van der Waals surface area contributed by atoms with Gasteiger partial charge in [0, 0.05) is 5.30 Å². The minimum atomic E-state index is -2.26. The molecular formula is C26H39O2P. The first kappa shape index (κ1) is 23.9. The zero-order valence-electron chi connectivity index (χ0n) is 19.3. The number of hydrogen-bond donors (Lipinski definition) is 0. The molecule has 0 radical (unpaired) electrons.